The summed E-state index contributed by atoms with van der Waals surface area (Å²) >= 11 is 3.50. The Kier molecular flexibility index (Phi) is 4.07. The van der Waals surface area contributed by atoms with Crippen molar-refractivity contribution in [1.82, 2.24) is 10.6 Å². The van der Waals surface area contributed by atoms with E-state index in [1.165, 1.54) is 12.0 Å². The summed E-state index contributed by atoms with van der Waals surface area (Å²) in [6, 6.07) is 6.11. The molecule has 1 fully saturated rings. The summed E-state index contributed by atoms with van der Waals surface area (Å²) in [4.78, 5) is 0. The molecule has 0 bridgehead atoms. The van der Waals surface area contributed by atoms with Crippen molar-refractivity contribution in [2.24, 2.45) is 0 Å². The lowest BCUT2D eigenvalue weighted by Crippen LogP contribution is -2.43. The van der Waals surface area contributed by atoms with Crippen LogP contribution < -0.4 is 15.4 Å². The monoisotopic (exact) mass is 298 g/mol. The Balaban J connectivity index is 2.05. The first kappa shape index (κ1) is 12.9. The van der Waals surface area contributed by atoms with Gasteiger partial charge in [-0.05, 0) is 38.1 Å². The maximum atomic E-state index is 5.37. The van der Waals surface area contributed by atoms with E-state index in [0.29, 0.717) is 0 Å². The Bertz CT molecular complexity index is 389. The topological polar surface area (TPSA) is 33.3 Å². The molecule has 94 valence electrons. The van der Waals surface area contributed by atoms with E-state index < -0.39 is 0 Å². The zero-order valence-corrected chi connectivity index (χ0v) is 11.9. The van der Waals surface area contributed by atoms with Crippen LogP contribution in [0.15, 0.2) is 22.7 Å². The van der Waals surface area contributed by atoms with Crippen LogP contribution in [-0.2, 0) is 6.54 Å². The maximum Gasteiger partial charge on any atom is 0.123 e. The van der Waals surface area contributed by atoms with Crippen molar-refractivity contribution in [3.63, 3.8) is 0 Å². The molecule has 0 radical (unpaired) electrons. The van der Waals surface area contributed by atoms with E-state index >= 15 is 0 Å². The summed E-state index contributed by atoms with van der Waals surface area (Å²) in [5.74, 6) is 0.940. The van der Waals surface area contributed by atoms with Gasteiger partial charge in [-0.15, -0.1) is 0 Å². The van der Waals surface area contributed by atoms with Crippen LogP contribution in [0.1, 0.15) is 18.9 Å². The molecule has 1 aliphatic rings. The second kappa shape index (κ2) is 5.38. The Hall–Kier alpha value is -0.580. The van der Waals surface area contributed by atoms with Gasteiger partial charge < -0.3 is 15.4 Å². The first-order chi connectivity index (χ1) is 8.13. The second-order valence-corrected chi connectivity index (χ2v) is 5.71. The van der Waals surface area contributed by atoms with Crippen molar-refractivity contribution in [3.05, 3.63) is 28.2 Å². The van der Waals surface area contributed by atoms with Crippen LogP contribution in [0, 0.1) is 0 Å². The summed E-state index contributed by atoms with van der Waals surface area (Å²) in [6.07, 6.45) is 1.17. The molecular formula is C13H19BrN2O. The summed E-state index contributed by atoms with van der Waals surface area (Å²) in [6.45, 7) is 5.22. The number of benzene rings is 1. The minimum absolute atomic E-state index is 0.202. The number of nitrogens with one attached hydrogen (secondary N) is 2. The van der Waals surface area contributed by atoms with Crippen LogP contribution in [0.4, 0.5) is 0 Å². The predicted molar refractivity (Wildman–Crippen MR) is 73.4 cm³/mol. The van der Waals surface area contributed by atoms with Crippen molar-refractivity contribution in [2.45, 2.75) is 25.4 Å². The van der Waals surface area contributed by atoms with Gasteiger partial charge in [0, 0.05) is 28.7 Å². The smallest absolute Gasteiger partial charge is 0.123 e. The fourth-order valence-electron chi connectivity index (χ4n) is 2.16. The van der Waals surface area contributed by atoms with Crippen LogP contribution in [0.5, 0.6) is 5.75 Å². The zero-order chi connectivity index (χ0) is 12.3. The lowest BCUT2D eigenvalue weighted by atomic mass is 10.0. The molecule has 4 heteroatoms. The lowest BCUT2D eigenvalue weighted by Gasteiger charge is -2.25. The van der Waals surface area contributed by atoms with E-state index in [1.54, 1.807) is 7.11 Å². The van der Waals surface area contributed by atoms with Crippen molar-refractivity contribution in [3.8, 4) is 5.75 Å². The van der Waals surface area contributed by atoms with Gasteiger partial charge in [-0.25, -0.2) is 0 Å². The highest BCUT2D eigenvalue weighted by atomic mass is 79.9. The highest BCUT2D eigenvalue weighted by Gasteiger charge is 2.27. The maximum absolute atomic E-state index is 5.37. The second-order valence-electron chi connectivity index (χ2n) is 4.80. The van der Waals surface area contributed by atoms with Gasteiger partial charge in [0.2, 0.25) is 0 Å². The van der Waals surface area contributed by atoms with Gasteiger partial charge in [0.15, 0.2) is 0 Å². The Morgan fingerprint density at radius 1 is 1.53 bits per heavy atom. The molecule has 0 aromatic heterocycles. The van der Waals surface area contributed by atoms with Crippen molar-refractivity contribution < 1.29 is 4.74 Å². The third kappa shape index (κ3) is 3.21. The first-order valence-corrected chi connectivity index (χ1v) is 6.70. The lowest BCUT2D eigenvalue weighted by molar-refractivity contribution is 0.372. The van der Waals surface area contributed by atoms with E-state index in [2.05, 4.69) is 39.6 Å². The molecule has 2 rings (SSSR count). The summed E-state index contributed by atoms with van der Waals surface area (Å²) in [5, 5.41) is 7.00. The first-order valence-electron chi connectivity index (χ1n) is 5.91. The number of rotatable bonds is 4. The van der Waals surface area contributed by atoms with E-state index in [4.69, 9.17) is 4.74 Å². The molecule has 1 unspecified atom stereocenters. The summed E-state index contributed by atoms with van der Waals surface area (Å²) < 4.78 is 6.46. The van der Waals surface area contributed by atoms with Crippen LogP contribution in [0.25, 0.3) is 0 Å². The van der Waals surface area contributed by atoms with E-state index in [1.807, 2.05) is 12.1 Å². The molecular weight excluding hydrogens is 280 g/mol. The van der Waals surface area contributed by atoms with Gasteiger partial charge in [-0.2, -0.15) is 0 Å². The fraction of sp³-hybridized carbons (Fsp3) is 0.538. The average Bonchev–Trinajstić information content (AvgIpc) is 2.74. The predicted octanol–water partition coefficient (Wildman–Crippen LogP) is 2.30. The van der Waals surface area contributed by atoms with Gasteiger partial charge in [0.1, 0.15) is 5.75 Å². The molecule has 1 aromatic rings. The largest absolute Gasteiger partial charge is 0.496 e. The van der Waals surface area contributed by atoms with Crippen LogP contribution in [0.3, 0.4) is 0 Å². The highest BCUT2D eigenvalue weighted by Crippen LogP contribution is 2.24. The highest BCUT2D eigenvalue weighted by molar-refractivity contribution is 9.10. The van der Waals surface area contributed by atoms with E-state index in [0.717, 1.165) is 29.9 Å². The molecule has 17 heavy (non-hydrogen) atoms. The zero-order valence-electron chi connectivity index (χ0n) is 10.3. The fourth-order valence-corrected chi connectivity index (χ4v) is 2.57. The Morgan fingerprint density at radius 2 is 2.35 bits per heavy atom. The Morgan fingerprint density at radius 3 is 3.00 bits per heavy atom. The Labute approximate surface area is 111 Å². The standard InChI is InChI=1S/C13H19BrN2O/c1-13(5-6-15-9-13)16-8-10-7-11(14)3-4-12(10)17-2/h3-4,7,15-16H,5-6,8-9H2,1-2H3. The molecule has 0 amide bonds. The minimum Gasteiger partial charge on any atom is -0.496 e. The van der Waals surface area contributed by atoms with Crippen molar-refractivity contribution >= 4 is 15.9 Å². The number of hydrogen-bond acceptors (Lipinski definition) is 3. The molecule has 1 atom stereocenters. The number of hydrogen-bond donors (Lipinski definition) is 2. The molecule has 1 saturated heterocycles. The van der Waals surface area contributed by atoms with Crippen molar-refractivity contribution in [1.29, 1.82) is 0 Å². The third-order valence-electron chi connectivity index (χ3n) is 3.32. The molecule has 2 N–H and O–H groups in total. The summed E-state index contributed by atoms with van der Waals surface area (Å²) in [7, 11) is 1.71. The average molecular weight is 299 g/mol. The van der Waals surface area contributed by atoms with E-state index in [-0.39, 0.29) is 5.54 Å². The molecule has 1 aromatic carbocycles. The quantitative estimate of drug-likeness (QED) is 0.895. The molecule has 1 aliphatic heterocycles. The van der Waals surface area contributed by atoms with Gasteiger partial charge in [-0.1, -0.05) is 15.9 Å². The van der Waals surface area contributed by atoms with Gasteiger partial charge in [-0.3, -0.25) is 0 Å². The van der Waals surface area contributed by atoms with E-state index in [9.17, 15) is 0 Å². The van der Waals surface area contributed by atoms with Gasteiger partial charge in [0.05, 0.1) is 7.11 Å². The van der Waals surface area contributed by atoms with Crippen LogP contribution in [0.2, 0.25) is 0 Å². The normalized spacial score (nSPS) is 23.9. The molecule has 0 aliphatic carbocycles. The van der Waals surface area contributed by atoms with Crippen LogP contribution in [-0.4, -0.2) is 25.7 Å². The molecule has 0 saturated carbocycles. The van der Waals surface area contributed by atoms with Crippen LogP contribution >= 0.6 is 15.9 Å². The SMILES string of the molecule is COc1ccc(Br)cc1CNC1(C)CCNC1. The number of halogens is 1. The molecule has 1 heterocycles. The number of methoxy groups -OCH3 is 1. The minimum atomic E-state index is 0.202. The summed E-state index contributed by atoms with van der Waals surface area (Å²) in [5.41, 5.74) is 1.39. The third-order valence-corrected chi connectivity index (χ3v) is 3.81. The van der Waals surface area contributed by atoms with Gasteiger partial charge in [0.25, 0.3) is 0 Å². The van der Waals surface area contributed by atoms with Crippen molar-refractivity contribution in [2.75, 3.05) is 20.2 Å². The number of ether oxygens (including phenoxy) is 1. The van der Waals surface area contributed by atoms with Gasteiger partial charge >= 0.3 is 0 Å². The molecule has 0 spiro atoms. The molecule has 3 nitrogen and oxygen atoms in total.